The molecular formula is C15H15Br2N3O. The molecule has 4 N–H and O–H groups in total. The van der Waals surface area contributed by atoms with Gasteiger partial charge in [0.1, 0.15) is 5.84 Å². The molecule has 6 heteroatoms. The van der Waals surface area contributed by atoms with E-state index in [9.17, 15) is 0 Å². The largest absolute Gasteiger partial charge is 0.409 e. The summed E-state index contributed by atoms with van der Waals surface area (Å²) in [5.74, 6) is 0.180. The summed E-state index contributed by atoms with van der Waals surface area (Å²) in [5, 5.41) is 15.3. The molecule has 0 fully saturated rings. The van der Waals surface area contributed by atoms with Gasteiger partial charge in [0.15, 0.2) is 0 Å². The maximum atomic E-state index is 8.82. The molecule has 0 amide bonds. The summed E-state index contributed by atoms with van der Waals surface area (Å²) in [6.07, 6.45) is 0.397. The molecule has 0 bridgehead atoms. The zero-order chi connectivity index (χ0) is 15.2. The van der Waals surface area contributed by atoms with E-state index < -0.39 is 0 Å². The summed E-state index contributed by atoms with van der Waals surface area (Å²) in [5.41, 5.74) is 7.67. The second-order valence-corrected chi connectivity index (χ2v) is 6.21. The molecule has 21 heavy (non-hydrogen) atoms. The van der Waals surface area contributed by atoms with Gasteiger partial charge in [0.05, 0.1) is 11.7 Å². The molecule has 0 spiro atoms. The van der Waals surface area contributed by atoms with E-state index in [0.29, 0.717) is 6.42 Å². The van der Waals surface area contributed by atoms with Crippen molar-refractivity contribution in [2.75, 3.05) is 5.32 Å². The number of halogens is 2. The quantitative estimate of drug-likeness (QED) is 0.293. The van der Waals surface area contributed by atoms with Crippen molar-refractivity contribution in [1.82, 2.24) is 0 Å². The summed E-state index contributed by atoms with van der Waals surface area (Å²) in [6.45, 7) is 0. The first-order valence-electron chi connectivity index (χ1n) is 6.33. The summed E-state index contributed by atoms with van der Waals surface area (Å²) in [4.78, 5) is 0. The number of anilines is 1. The SMILES string of the molecule is N/C(CC(Nc1c(Br)cccc1Br)c1ccccc1)=N/O. The molecule has 0 aliphatic heterocycles. The Labute approximate surface area is 140 Å². The Morgan fingerprint density at radius 2 is 1.71 bits per heavy atom. The van der Waals surface area contributed by atoms with Crippen molar-refractivity contribution in [3.8, 4) is 0 Å². The van der Waals surface area contributed by atoms with Crippen LogP contribution < -0.4 is 11.1 Å². The Morgan fingerprint density at radius 1 is 1.10 bits per heavy atom. The summed E-state index contributed by atoms with van der Waals surface area (Å²) >= 11 is 7.06. The average molecular weight is 413 g/mol. The predicted octanol–water partition coefficient (Wildman–Crippen LogP) is 4.50. The van der Waals surface area contributed by atoms with Gasteiger partial charge in [-0.05, 0) is 49.6 Å². The lowest BCUT2D eigenvalue weighted by Crippen LogP contribution is -2.21. The predicted molar refractivity (Wildman–Crippen MR) is 92.7 cm³/mol. The monoisotopic (exact) mass is 411 g/mol. The Bertz CT molecular complexity index is 612. The maximum absolute atomic E-state index is 8.82. The molecule has 4 nitrogen and oxygen atoms in total. The number of nitrogens with one attached hydrogen (secondary N) is 1. The van der Waals surface area contributed by atoms with Crippen LogP contribution in [0.5, 0.6) is 0 Å². The van der Waals surface area contributed by atoms with Gasteiger partial charge in [-0.15, -0.1) is 0 Å². The van der Waals surface area contributed by atoms with E-state index >= 15 is 0 Å². The molecule has 0 aliphatic carbocycles. The van der Waals surface area contributed by atoms with E-state index in [4.69, 9.17) is 10.9 Å². The topological polar surface area (TPSA) is 70.6 Å². The third kappa shape index (κ3) is 4.22. The summed E-state index contributed by atoms with van der Waals surface area (Å²) in [6, 6.07) is 15.7. The first kappa shape index (κ1) is 15.9. The van der Waals surface area contributed by atoms with Crippen molar-refractivity contribution in [3.05, 3.63) is 63.0 Å². The highest BCUT2D eigenvalue weighted by Crippen LogP contribution is 2.34. The van der Waals surface area contributed by atoms with Gasteiger partial charge in [-0.3, -0.25) is 0 Å². The number of benzene rings is 2. The molecule has 0 radical (unpaired) electrons. The van der Waals surface area contributed by atoms with Gasteiger partial charge in [0, 0.05) is 15.4 Å². The number of amidine groups is 1. The molecule has 2 aromatic carbocycles. The van der Waals surface area contributed by atoms with E-state index in [-0.39, 0.29) is 11.9 Å². The van der Waals surface area contributed by atoms with Gasteiger partial charge in [-0.25, -0.2) is 0 Å². The van der Waals surface area contributed by atoms with Crippen LogP contribution in [0.4, 0.5) is 5.69 Å². The van der Waals surface area contributed by atoms with Crippen molar-refractivity contribution in [1.29, 1.82) is 0 Å². The lowest BCUT2D eigenvalue weighted by molar-refractivity contribution is 0.316. The van der Waals surface area contributed by atoms with Crippen molar-refractivity contribution in [2.24, 2.45) is 10.9 Å². The lowest BCUT2D eigenvalue weighted by atomic mass is 10.0. The Hall–Kier alpha value is -1.53. The standard InChI is InChI=1S/C15H15Br2N3O/c16-11-7-4-8-12(17)15(11)19-13(9-14(18)20-21)10-5-2-1-3-6-10/h1-8,13,19,21H,9H2,(H2,18,20). The van der Waals surface area contributed by atoms with E-state index in [2.05, 4.69) is 42.3 Å². The number of oxime groups is 1. The number of hydrogen-bond acceptors (Lipinski definition) is 3. The molecule has 0 aromatic heterocycles. The molecule has 0 saturated carbocycles. The molecule has 1 atom stereocenters. The fourth-order valence-electron chi connectivity index (χ4n) is 2.00. The van der Waals surface area contributed by atoms with Gasteiger partial charge in [-0.1, -0.05) is 41.6 Å². The zero-order valence-electron chi connectivity index (χ0n) is 11.1. The van der Waals surface area contributed by atoms with Crippen molar-refractivity contribution < 1.29 is 5.21 Å². The maximum Gasteiger partial charge on any atom is 0.141 e. The molecule has 0 aliphatic rings. The summed E-state index contributed by atoms with van der Waals surface area (Å²) < 4.78 is 1.88. The van der Waals surface area contributed by atoms with Crippen LogP contribution in [0.3, 0.4) is 0 Å². The molecule has 2 rings (SSSR count). The smallest absolute Gasteiger partial charge is 0.141 e. The number of rotatable bonds is 5. The second kappa shape index (κ2) is 7.47. The van der Waals surface area contributed by atoms with Crippen molar-refractivity contribution >= 4 is 43.4 Å². The molecule has 0 saturated heterocycles. The molecule has 1 unspecified atom stereocenters. The van der Waals surface area contributed by atoms with Crippen LogP contribution in [-0.4, -0.2) is 11.0 Å². The number of nitrogens with two attached hydrogens (primary N) is 1. The van der Waals surface area contributed by atoms with Crippen LogP contribution >= 0.6 is 31.9 Å². The highest BCUT2D eigenvalue weighted by atomic mass is 79.9. The van der Waals surface area contributed by atoms with E-state index in [1.807, 2.05) is 48.5 Å². The Morgan fingerprint density at radius 3 is 2.29 bits per heavy atom. The van der Waals surface area contributed by atoms with Crippen LogP contribution in [0.1, 0.15) is 18.0 Å². The minimum absolute atomic E-state index is 0.0999. The minimum Gasteiger partial charge on any atom is -0.409 e. The molecule has 2 aromatic rings. The third-order valence-electron chi connectivity index (χ3n) is 3.02. The van der Waals surface area contributed by atoms with E-state index in [0.717, 1.165) is 20.2 Å². The lowest BCUT2D eigenvalue weighted by Gasteiger charge is -2.21. The molecule has 0 heterocycles. The van der Waals surface area contributed by atoms with Crippen LogP contribution in [0.25, 0.3) is 0 Å². The van der Waals surface area contributed by atoms with Crippen LogP contribution in [0, 0.1) is 0 Å². The van der Waals surface area contributed by atoms with E-state index in [1.165, 1.54) is 0 Å². The van der Waals surface area contributed by atoms with Gasteiger partial charge < -0.3 is 16.3 Å². The van der Waals surface area contributed by atoms with Crippen LogP contribution in [0.15, 0.2) is 62.6 Å². The van der Waals surface area contributed by atoms with E-state index in [1.54, 1.807) is 0 Å². The minimum atomic E-state index is -0.0999. The second-order valence-electron chi connectivity index (χ2n) is 4.50. The number of hydrogen-bond donors (Lipinski definition) is 3. The first-order chi connectivity index (χ1) is 10.1. The van der Waals surface area contributed by atoms with Crippen molar-refractivity contribution in [2.45, 2.75) is 12.5 Å². The fraction of sp³-hybridized carbons (Fsp3) is 0.133. The highest BCUT2D eigenvalue weighted by Gasteiger charge is 2.16. The molecule has 110 valence electrons. The number of nitrogens with zero attached hydrogens (tertiary/aromatic N) is 1. The van der Waals surface area contributed by atoms with Crippen molar-refractivity contribution in [3.63, 3.8) is 0 Å². The van der Waals surface area contributed by atoms with Gasteiger partial charge >= 0.3 is 0 Å². The Kier molecular flexibility index (Phi) is 5.64. The highest BCUT2D eigenvalue weighted by molar-refractivity contribution is 9.11. The zero-order valence-corrected chi connectivity index (χ0v) is 14.3. The van der Waals surface area contributed by atoms with Gasteiger partial charge in [0.2, 0.25) is 0 Å². The Balaban J connectivity index is 2.32. The average Bonchev–Trinajstić information content (AvgIpc) is 2.50. The third-order valence-corrected chi connectivity index (χ3v) is 4.35. The normalized spacial score (nSPS) is 13.0. The van der Waals surface area contributed by atoms with Crippen LogP contribution in [0.2, 0.25) is 0 Å². The first-order valence-corrected chi connectivity index (χ1v) is 7.92. The molecular weight excluding hydrogens is 398 g/mol. The summed E-state index contributed by atoms with van der Waals surface area (Å²) in [7, 11) is 0. The van der Waals surface area contributed by atoms with Gasteiger partial charge in [-0.2, -0.15) is 0 Å². The fourth-order valence-corrected chi connectivity index (χ4v) is 3.22. The van der Waals surface area contributed by atoms with Crippen LogP contribution in [-0.2, 0) is 0 Å². The number of para-hydroxylation sites is 1. The van der Waals surface area contributed by atoms with Gasteiger partial charge in [0.25, 0.3) is 0 Å².